The summed E-state index contributed by atoms with van der Waals surface area (Å²) in [4.78, 5) is 14.8. The van der Waals surface area contributed by atoms with Crippen molar-refractivity contribution in [3.63, 3.8) is 0 Å². The number of benzene rings is 2. The highest BCUT2D eigenvalue weighted by Crippen LogP contribution is 2.27. The first-order valence-electron chi connectivity index (χ1n) is 9.52. The molecule has 2 aliphatic rings. The lowest BCUT2D eigenvalue weighted by atomic mass is 9.96. The lowest BCUT2D eigenvalue weighted by molar-refractivity contribution is 0.0661. The zero-order chi connectivity index (χ0) is 17.8. The maximum atomic E-state index is 12.8. The zero-order valence-corrected chi connectivity index (χ0v) is 15.0. The van der Waals surface area contributed by atoms with Crippen molar-refractivity contribution in [2.45, 2.75) is 25.7 Å². The Kier molecular flexibility index (Phi) is 5.09. The van der Waals surface area contributed by atoms with Crippen molar-refractivity contribution < 1.29 is 14.3 Å². The Bertz CT molecular complexity index is 751. The van der Waals surface area contributed by atoms with Crippen LogP contribution in [-0.4, -0.2) is 37.1 Å². The Balaban J connectivity index is 1.31. The molecule has 2 aliphatic heterocycles. The largest absolute Gasteiger partial charge is 0.493 e. The second kappa shape index (κ2) is 7.81. The van der Waals surface area contributed by atoms with Crippen LogP contribution in [0.1, 0.15) is 35.2 Å². The monoisotopic (exact) mass is 351 g/mol. The van der Waals surface area contributed by atoms with E-state index in [2.05, 4.69) is 0 Å². The molecule has 2 heterocycles. The number of para-hydroxylation sites is 1. The van der Waals surface area contributed by atoms with Gasteiger partial charge in [0.2, 0.25) is 0 Å². The molecule has 1 amide bonds. The van der Waals surface area contributed by atoms with Crippen LogP contribution in [0, 0.1) is 5.92 Å². The van der Waals surface area contributed by atoms with Gasteiger partial charge in [-0.2, -0.15) is 0 Å². The van der Waals surface area contributed by atoms with E-state index < -0.39 is 0 Å². The molecule has 0 atom stereocenters. The summed E-state index contributed by atoms with van der Waals surface area (Å²) in [6, 6.07) is 15.8. The second-order valence-corrected chi connectivity index (χ2v) is 7.13. The van der Waals surface area contributed by atoms with Crippen LogP contribution < -0.4 is 9.47 Å². The van der Waals surface area contributed by atoms with Gasteiger partial charge in [-0.25, -0.2) is 0 Å². The molecule has 0 aliphatic carbocycles. The number of piperidine rings is 1. The van der Waals surface area contributed by atoms with Gasteiger partial charge in [0.1, 0.15) is 11.5 Å². The highest BCUT2D eigenvalue weighted by molar-refractivity contribution is 5.94. The molecule has 1 fully saturated rings. The smallest absolute Gasteiger partial charge is 0.253 e. The summed E-state index contributed by atoms with van der Waals surface area (Å²) >= 11 is 0. The SMILES string of the molecule is O=C(c1ccc2c(c1)CCCO2)N1CCC(COc2ccccc2)CC1. The van der Waals surface area contributed by atoms with E-state index in [1.807, 2.05) is 53.4 Å². The summed E-state index contributed by atoms with van der Waals surface area (Å²) in [6.45, 7) is 3.10. The summed E-state index contributed by atoms with van der Waals surface area (Å²) in [7, 11) is 0. The number of rotatable bonds is 4. The van der Waals surface area contributed by atoms with Gasteiger partial charge in [-0.1, -0.05) is 18.2 Å². The summed E-state index contributed by atoms with van der Waals surface area (Å²) in [5, 5.41) is 0. The minimum Gasteiger partial charge on any atom is -0.493 e. The van der Waals surface area contributed by atoms with Crippen molar-refractivity contribution in [1.29, 1.82) is 0 Å². The molecule has 4 heteroatoms. The molecule has 0 radical (unpaired) electrons. The van der Waals surface area contributed by atoms with Crippen molar-refractivity contribution in [3.05, 3.63) is 59.7 Å². The molecule has 26 heavy (non-hydrogen) atoms. The quantitative estimate of drug-likeness (QED) is 0.837. The zero-order valence-electron chi connectivity index (χ0n) is 15.0. The number of hydrogen-bond acceptors (Lipinski definition) is 3. The van der Waals surface area contributed by atoms with Crippen molar-refractivity contribution in [2.75, 3.05) is 26.3 Å². The molecule has 0 N–H and O–H groups in total. The average Bonchev–Trinajstić information content (AvgIpc) is 2.72. The summed E-state index contributed by atoms with van der Waals surface area (Å²) in [5.41, 5.74) is 1.95. The number of hydrogen-bond donors (Lipinski definition) is 0. The summed E-state index contributed by atoms with van der Waals surface area (Å²) in [6.07, 6.45) is 4.01. The molecular formula is C22H25NO3. The lowest BCUT2D eigenvalue weighted by Gasteiger charge is -2.32. The van der Waals surface area contributed by atoms with E-state index in [0.717, 1.165) is 74.6 Å². The third-order valence-corrected chi connectivity index (χ3v) is 5.29. The van der Waals surface area contributed by atoms with Gasteiger partial charge in [0, 0.05) is 18.7 Å². The predicted octanol–water partition coefficient (Wildman–Crippen LogP) is 3.94. The maximum Gasteiger partial charge on any atom is 0.253 e. The Labute approximate surface area is 154 Å². The van der Waals surface area contributed by atoms with Crippen molar-refractivity contribution in [2.24, 2.45) is 5.92 Å². The topological polar surface area (TPSA) is 38.8 Å². The Morgan fingerprint density at radius 1 is 1.12 bits per heavy atom. The van der Waals surface area contributed by atoms with Gasteiger partial charge in [-0.3, -0.25) is 4.79 Å². The fourth-order valence-corrected chi connectivity index (χ4v) is 3.71. The van der Waals surface area contributed by atoms with E-state index >= 15 is 0 Å². The van der Waals surface area contributed by atoms with Crippen LogP contribution >= 0.6 is 0 Å². The van der Waals surface area contributed by atoms with Crippen molar-refractivity contribution in [3.8, 4) is 11.5 Å². The molecule has 1 saturated heterocycles. The van der Waals surface area contributed by atoms with Gasteiger partial charge in [-0.05, 0) is 67.5 Å². The first-order valence-corrected chi connectivity index (χ1v) is 9.52. The molecule has 136 valence electrons. The predicted molar refractivity (Wildman–Crippen MR) is 101 cm³/mol. The molecule has 0 bridgehead atoms. The van der Waals surface area contributed by atoms with Crippen molar-refractivity contribution >= 4 is 5.91 Å². The van der Waals surface area contributed by atoms with Crippen LogP contribution in [0.2, 0.25) is 0 Å². The molecule has 0 unspecified atom stereocenters. The first-order chi connectivity index (χ1) is 12.8. The van der Waals surface area contributed by atoms with Gasteiger partial charge in [-0.15, -0.1) is 0 Å². The molecule has 0 aromatic heterocycles. The van der Waals surface area contributed by atoms with Gasteiger partial charge in [0.25, 0.3) is 5.91 Å². The van der Waals surface area contributed by atoms with E-state index in [9.17, 15) is 4.79 Å². The highest BCUT2D eigenvalue weighted by atomic mass is 16.5. The van der Waals surface area contributed by atoms with Crippen molar-refractivity contribution in [1.82, 2.24) is 4.90 Å². The number of likely N-dealkylation sites (tertiary alicyclic amines) is 1. The number of aryl methyl sites for hydroxylation is 1. The average molecular weight is 351 g/mol. The molecule has 0 spiro atoms. The summed E-state index contributed by atoms with van der Waals surface area (Å²) < 4.78 is 11.5. The van der Waals surface area contributed by atoms with Crippen LogP contribution in [0.4, 0.5) is 0 Å². The third kappa shape index (κ3) is 3.85. The first kappa shape index (κ1) is 17.0. The van der Waals surface area contributed by atoms with Crippen LogP contribution in [0.15, 0.2) is 48.5 Å². The molecule has 2 aromatic carbocycles. The van der Waals surface area contributed by atoms with Gasteiger partial charge >= 0.3 is 0 Å². The molecule has 0 saturated carbocycles. The Hall–Kier alpha value is -2.49. The van der Waals surface area contributed by atoms with E-state index in [1.54, 1.807) is 0 Å². The van der Waals surface area contributed by atoms with Crippen LogP contribution in [0.25, 0.3) is 0 Å². The maximum absolute atomic E-state index is 12.8. The molecule has 2 aromatic rings. The third-order valence-electron chi connectivity index (χ3n) is 5.29. The normalized spacial score (nSPS) is 17.3. The molecule has 4 nitrogen and oxygen atoms in total. The highest BCUT2D eigenvalue weighted by Gasteiger charge is 2.25. The Morgan fingerprint density at radius 2 is 1.92 bits per heavy atom. The van der Waals surface area contributed by atoms with Gasteiger partial charge in [0.15, 0.2) is 0 Å². The van der Waals surface area contributed by atoms with Crippen LogP contribution in [-0.2, 0) is 6.42 Å². The number of amides is 1. The van der Waals surface area contributed by atoms with Crippen LogP contribution in [0.5, 0.6) is 11.5 Å². The summed E-state index contributed by atoms with van der Waals surface area (Å²) in [5.74, 6) is 2.50. The molecular weight excluding hydrogens is 326 g/mol. The van der Waals surface area contributed by atoms with Gasteiger partial charge < -0.3 is 14.4 Å². The number of carbonyl (C=O) groups is 1. The lowest BCUT2D eigenvalue weighted by Crippen LogP contribution is -2.39. The minimum absolute atomic E-state index is 0.140. The number of nitrogens with zero attached hydrogens (tertiary/aromatic N) is 1. The standard InChI is InChI=1S/C22H25NO3/c24-22(19-8-9-21-18(15-19)5-4-14-25-21)23-12-10-17(11-13-23)16-26-20-6-2-1-3-7-20/h1-3,6-9,15,17H,4-5,10-14,16H2. The fraction of sp³-hybridized carbons (Fsp3) is 0.409. The fourth-order valence-electron chi connectivity index (χ4n) is 3.71. The minimum atomic E-state index is 0.140. The number of ether oxygens (including phenoxy) is 2. The number of carbonyl (C=O) groups excluding carboxylic acids is 1. The van der Waals surface area contributed by atoms with E-state index in [0.29, 0.717) is 5.92 Å². The van der Waals surface area contributed by atoms with E-state index in [-0.39, 0.29) is 5.91 Å². The van der Waals surface area contributed by atoms with E-state index in [4.69, 9.17) is 9.47 Å². The molecule has 4 rings (SSSR count). The van der Waals surface area contributed by atoms with E-state index in [1.165, 1.54) is 0 Å². The van der Waals surface area contributed by atoms with Crippen LogP contribution in [0.3, 0.4) is 0 Å². The Morgan fingerprint density at radius 3 is 2.73 bits per heavy atom. The second-order valence-electron chi connectivity index (χ2n) is 7.13. The van der Waals surface area contributed by atoms with Gasteiger partial charge in [0.05, 0.1) is 13.2 Å². The number of fused-ring (bicyclic) bond motifs is 1.